The Morgan fingerprint density at radius 2 is 2.35 bits per heavy atom. The van der Waals surface area contributed by atoms with E-state index in [9.17, 15) is 4.79 Å². The summed E-state index contributed by atoms with van der Waals surface area (Å²) in [6.45, 7) is 0.758. The molecule has 0 unspecified atom stereocenters. The second kappa shape index (κ2) is 5.22. The number of hydrogen-bond acceptors (Lipinski definition) is 4. The van der Waals surface area contributed by atoms with Crippen LogP contribution in [0.5, 0.6) is 0 Å². The lowest BCUT2D eigenvalue weighted by Crippen LogP contribution is -2.13. The average molecular weight is 231 g/mol. The normalized spacial score (nSPS) is 10.2. The number of rotatable bonds is 4. The molecule has 0 fully saturated rings. The minimum Gasteiger partial charge on any atom is -0.321 e. The van der Waals surface area contributed by atoms with Gasteiger partial charge in [-0.05, 0) is 24.7 Å². The van der Waals surface area contributed by atoms with Crippen molar-refractivity contribution in [2.75, 3.05) is 12.4 Å². The summed E-state index contributed by atoms with van der Waals surface area (Å²) >= 11 is 0. The molecule has 1 amide bonds. The molecule has 0 atom stereocenters. The van der Waals surface area contributed by atoms with Gasteiger partial charge in [0.2, 0.25) is 0 Å². The van der Waals surface area contributed by atoms with Gasteiger partial charge in [0, 0.05) is 12.2 Å². The van der Waals surface area contributed by atoms with Crippen molar-refractivity contribution < 1.29 is 4.79 Å². The van der Waals surface area contributed by atoms with Crippen LogP contribution in [0, 0.1) is 0 Å². The summed E-state index contributed by atoms with van der Waals surface area (Å²) in [5.74, 6) is -0.277. The van der Waals surface area contributed by atoms with E-state index in [1.165, 1.54) is 6.20 Å². The molecule has 0 spiro atoms. The zero-order valence-electron chi connectivity index (χ0n) is 9.40. The van der Waals surface area contributed by atoms with Gasteiger partial charge < -0.3 is 10.6 Å². The number of carbonyl (C=O) groups is 1. The molecule has 0 radical (unpaired) electrons. The Labute approximate surface area is 98.4 Å². The van der Waals surface area contributed by atoms with Gasteiger partial charge in [0.1, 0.15) is 0 Å². The second-order valence-corrected chi connectivity index (χ2v) is 3.54. The monoisotopic (exact) mass is 231 g/mol. The highest BCUT2D eigenvalue weighted by molar-refractivity contribution is 6.02. The molecule has 2 rings (SSSR count). The number of aromatic amines is 1. The Balaban J connectivity index is 2.08. The minimum atomic E-state index is -0.277. The van der Waals surface area contributed by atoms with Crippen LogP contribution in [-0.2, 0) is 6.54 Å². The van der Waals surface area contributed by atoms with Gasteiger partial charge in [0.05, 0.1) is 6.20 Å². The van der Waals surface area contributed by atoms with E-state index in [-0.39, 0.29) is 11.6 Å². The highest BCUT2D eigenvalue weighted by Crippen LogP contribution is 2.11. The van der Waals surface area contributed by atoms with E-state index in [4.69, 9.17) is 0 Å². The van der Waals surface area contributed by atoms with Crippen LogP contribution >= 0.6 is 0 Å². The largest absolute Gasteiger partial charge is 0.321 e. The van der Waals surface area contributed by atoms with Gasteiger partial charge in [-0.2, -0.15) is 15.4 Å². The van der Waals surface area contributed by atoms with E-state index in [1.807, 2.05) is 31.3 Å². The van der Waals surface area contributed by atoms with E-state index >= 15 is 0 Å². The molecule has 1 aromatic carbocycles. The predicted octanol–water partition coefficient (Wildman–Crippen LogP) is 0.776. The molecule has 0 aliphatic heterocycles. The number of carbonyl (C=O) groups excluding carboxylic acids is 1. The first-order valence-electron chi connectivity index (χ1n) is 5.20. The number of amides is 1. The first kappa shape index (κ1) is 11.3. The van der Waals surface area contributed by atoms with Crippen LogP contribution in [0.1, 0.15) is 16.1 Å². The second-order valence-electron chi connectivity index (χ2n) is 3.54. The summed E-state index contributed by atoms with van der Waals surface area (Å²) in [5.41, 5.74) is 2.11. The van der Waals surface area contributed by atoms with E-state index in [0.717, 1.165) is 17.8 Å². The molecule has 6 nitrogen and oxygen atoms in total. The summed E-state index contributed by atoms with van der Waals surface area (Å²) < 4.78 is 0. The molecule has 1 heterocycles. The van der Waals surface area contributed by atoms with E-state index < -0.39 is 0 Å². The molecular weight excluding hydrogens is 218 g/mol. The fourth-order valence-corrected chi connectivity index (χ4v) is 1.47. The molecule has 0 aliphatic carbocycles. The molecule has 6 heteroatoms. The molecule has 0 aliphatic rings. The molecule has 2 aromatic rings. The molecular formula is C11H13N5O. The maximum absolute atomic E-state index is 11.7. The SMILES string of the molecule is CNCc1cccc(NC(=O)c2cn[nH]n2)c1. The van der Waals surface area contributed by atoms with Crippen molar-refractivity contribution in [1.29, 1.82) is 0 Å². The number of nitrogens with one attached hydrogen (secondary N) is 3. The Hall–Kier alpha value is -2.21. The van der Waals surface area contributed by atoms with E-state index in [1.54, 1.807) is 0 Å². The molecule has 0 saturated heterocycles. The van der Waals surface area contributed by atoms with Crippen molar-refractivity contribution in [3.63, 3.8) is 0 Å². The quantitative estimate of drug-likeness (QED) is 0.726. The number of nitrogens with zero attached hydrogens (tertiary/aromatic N) is 2. The standard InChI is InChI=1S/C11H13N5O/c1-12-6-8-3-2-4-9(5-8)14-11(17)10-7-13-16-15-10/h2-5,7,12H,6H2,1H3,(H,14,17)(H,13,15,16). The summed E-state index contributed by atoms with van der Waals surface area (Å²) in [7, 11) is 1.88. The zero-order chi connectivity index (χ0) is 12.1. The van der Waals surface area contributed by atoms with Gasteiger partial charge >= 0.3 is 0 Å². The number of aromatic nitrogens is 3. The smallest absolute Gasteiger partial charge is 0.277 e. The molecule has 0 saturated carbocycles. The highest BCUT2D eigenvalue weighted by Gasteiger charge is 2.08. The Morgan fingerprint density at radius 1 is 1.47 bits per heavy atom. The van der Waals surface area contributed by atoms with Crippen LogP contribution in [-0.4, -0.2) is 28.4 Å². The first-order chi connectivity index (χ1) is 8.29. The van der Waals surface area contributed by atoms with Crippen molar-refractivity contribution in [2.24, 2.45) is 0 Å². The van der Waals surface area contributed by atoms with Gasteiger partial charge in [-0.3, -0.25) is 4.79 Å². The number of H-pyrrole nitrogens is 1. The maximum atomic E-state index is 11.7. The molecule has 3 N–H and O–H groups in total. The number of hydrogen-bond donors (Lipinski definition) is 3. The lowest BCUT2D eigenvalue weighted by molar-refractivity contribution is 0.102. The van der Waals surface area contributed by atoms with Gasteiger partial charge in [-0.25, -0.2) is 0 Å². The van der Waals surface area contributed by atoms with Crippen molar-refractivity contribution >= 4 is 11.6 Å². The summed E-state index contributed by atoms with van der Waals surface area (Å²) in [6, 6.07) is 7.62. The van der Waals surface area contributed by atoms with Gasteiger partial charge in [0.15, 0.2) is 5.69 Å². The zero-order valence-corrected chi connectivity index (χ0v) is 9.40. The highest BCUT2D eigenvalue weighted by atomic mass is 16.2. The molecule has 0 bridgehead atoms. The third kappa shape index (κ3) is 2.88. The van der Waals surface area contributed by atoms with Crippen LogP contribution in [0.15, 0.2) is 30.5 Å². The topological polar surface area (TPSA) is 82.7 Å². The van der Waals surface area contributed by atoms with Crippen LogP contribution in [0.25, 0.3) is 0 Å². The minimum absolute atomic E-state index is 0.268. The maximum Gasteiger partial charge on any atom is 0.277 e. The van der Waals surface area contributed by atoms with Crippen LogP contribution < -0.4 is 10.6 Å². The van der Waals surface area contributed by atoms with Gasteiger partial charge in [-0.1, -0.05) is 12.1 Å². The third-order valence-electron chi connectivity index (χ3n) is 2.21. The number of benzene rings is 1. The van der Waals surface area contributed by atoms with Crippen molar-refractivity contribution in [1.82, 2.24) is 20.7 Å². The lowest BCUT2D eigenvalue weighted by Gasteiger charge is -2.05. The molecule has 88 valence electrons. The van der Waals surface area contributed by atoms with Crippen molar-refractivity contribution in [2.45, 2.75) is 6.54 Å². The summed E-state index contributed by atoms with van der Waals surface area (Å²) in [6.07, 6.45) is 1.38. The van der Waals surface area contributed by atoms with Crippen molar-refractivity contribution in [3.8, 4) is 0 Å². The molecule has 1 aromatic heterocycles. The Bertz CT molecular complexity index is 494. The van der Waals surface area contributed by atoms with Crippen LogP contribution in [0.2, 0.25) is 0 Å². The first-order valence-corrected chi connectivity index (χ1v) is 5.20. The third-order valence-corrected chi connectivity index (χ3v) is 2.21. The Morgan fingerprint density at radius 3 is 3.06 bits per heavy atom. The molecule has 17 heavy (non-hydrogen) atoms. The fraction of sp³-hybridized carbons (Fsp3) is 0.182. The average Bonchev–Trinajstić information content (AvgIpc) is 2.83. The summed E-state index contributed by atoms with van der Waals surface area (Å²) in [5, 5.41) is 15.5. The fourth-order valence-electron chi connectivity index (χ4n) is 1.47. The summed E-state index contributed by atoms with van der Waals surface area (Å²) in [4.78, 5) is 11.7. The van der Waals surface area contributed by atoms with E-state index in [2.05, 4.69) is 26.0 Å². The predicted molar refractivity (Wildman–Crippen MR) is 63.5 cm³/mol. The van der Waals surface area contributed by atoms with Crippen molar-refractivity contribution in [3.05, 3.63) is 41.7 Å². The van der Waals surface area contributed by atoms with Crippen LogP contribution in [0.4, 0.5) is 5.69 Å². The van der Waals surface area contributed by atoms with Gasteiger partial charge in [-0.15, -0.1) is 0 Å². The van der Waals surface area contributed by atoms with Crippen LogP contribution in [0.3, 0.4) is 0 Å². The van der Waals surface area contributed by atoms with E-state index in [0.29, 0.717) is 0 Å². The van der Waals surface area contributed by atoms with Gasteiger partial charge in [0.25, 0.3) is 5.91 Å². The lowest BCUT2D eigenvalue weighted by atomic mass is 10.2. The number of anilines is 1. The Kier molecular flexibility index (Phi) is 3.46.